The maximum atomic E-state index is 13.3. The minimum atomic E-state index is -0.0319. The van der Waals surface area contributed by atoms with Crippen LogP contribution in [0, 0.1) is 5.41 Å². The molecular formula is C32H38N4O2S. The molecule has 0 amide bonds. The molecule has 3 aliphatic heterocycles. The van der Waals surface area contributed by atoms with Crippen LogP contribution in [0.3, 0.4) is 0 Å². The lowest BCUT2D eigenvalue weighted by Crippen LogP contribution is -2.50. The molecule has 7 heteroatoms. The van der Waals surface area contributed by atoms with E-state index in [0.29, 0.717) is 18.5 Å². The summed E-state index contributed by atoms with van der Waals surface area (Å²) in [5.74, 6) is 0.287. The van der Waals surface area contributed by atoms with Gasteiger partial charge < -0.3 is 15.0 Å². The summed E-state index contributed by atoms with van der Waals surface area (Å²) < 4.78 is 5.66. The molecule has 5 heterocycles. The Kier molecular flexibility index (Phi) is 6.58. The zero-order chi connectivity index (χ0) is 26.6. The number of Topliss-reactive ketones (excluding diaryl/α,β-unsaturated/α-hetero) is 1. The van der Waals surface area contributed by atoms with Crippen LogP contribution in [0.5, 0.6) is 0 Å². The summed E-state index contributed by atoms with van der Waals surface area (Å²) >= 11 is 1.69. The number of ether oxygens (including phenoxy) is 1. The first-order chi connectivity index (χ1) is 18.9. The van der Waals surface area contributed by atoms with E-state index in [4.69, 9.17) is 9.72 Å². The van der Waals surface area contributed by atoms with Crippen molar-refractivity contribution in [1.29, 1.82) is 0 Å². The third-order valence-electron chi connectivity index (χ3n) is 8.80. The van der Waals surface area contributed by atoms with Gasteiger partial charge in [0, 0.05) is 68.6 Å². The number of fused-ring (bicyclic) bond motifs is 3. The van der Waals surface area contributed by atoms with Crippen molar-refractivity contribution >= 4 is 22.1 Å². The van der Waals surface area contributed by atoms with Gasteiger partial charge in [-0.25, -0.2) is 0 Å². The van der Waals surface area contributed by atoms with Gasteiger partial charge in [-0.2, -0.15) is 0 Å². The Balaban J connectivity index is 1.23. The highest BCUT2D eigenvalue weighted by atomic mass is 32.1. The predicted molar refractivity (Wildman–Crippen MR) is 158 cm³/mol. The molecule has 3 saturated heterocycles. The summed E-state index contributed by atoms with van der Waals surface area (Å²) in [4.78, 5) is 24.1. The number of pyridine rings is 1. The van der Waals surface area contributed by atoms with Crippen molar-refractivity contribution < 1.29 is 9.53 Å². The van der Waals surface area contributed by atoms with E-state index in [1.165, 1.54) is 34.5 Å². The fraction of sp³-hybridized carbons (Fsp3) is 0.500. The molecule has 2 aromatic heterocycles. The fourth-order valence-electron chi connectivity index (χ4n) is 7.04. The van der Waals surface area contributed by atoms with Crippen LogP contribution >= 0.6 is 11.3 Å². The van der Waals surface area contributed by atoms with E-state index >= 15 is 0 Å². The Morgan fingerprint density at radius 3 is 2.64 bits per heavy atom. The van der Waals surface area contributed by atoms with E-state index in [2.05, 4.69) is 65.4 Å². The number of carbonyl (C=O) groups excluding carboxylic acids is 1. The predicted octanol–water partition coefficient (Wildman–Crippen LogP) is 5.41. The maximum Gasteiger partial charge on any atom is 0.173 e. The molecule has 0 radical (unpaired) electrons. The van der Waals surface area contributed by atoms with Crippen molar-refractivity contribution in [1.82, 2.24) is 15.2 Å². The van der Waals surface area contributed by atoms with Gasteiger partial charge in [-0.1, -0.05) is 32.0 Å². The molecule has 1 aliphatic carbocycles. The van der Waals surface area contributed by atoms with Gasteiger partial charge in [0.15, 0.2) is 5.78 Å². The molecule has 7 rings (SSSR count). The highest BCUT2D eigenvalue weighted by molar-refractivity contribution is 7.19. The highest BCUT2D eigenvalue weighted by Crippen LogP contribution is 2.49. The van der Waals surface area contributed by atoms with Crippen LogP contribution < -0.4 is 10.2 Å². The van der Waals surface area contributed by atoms with Gasteiger partial charge in [0.25, 0.3) is 0 Å². The molecule has 0 spiro atoms. The Morgan fingerprint density at radius 2 is 1.85 bits per heavy atom. The van der Waals surface area contributed by atoms with Crippen LogP contribution in [0.1, 0.15) is 53.9 Å². The van der Waals surface area contributed by atoms with E-state index in [1.807, 2.05) is 6.20 Å². The number of ketones is 1. The molecule has 2 atom stereocenters. The Hall–Kier alpha value is -2.58. The molecule has 2 bridgehead atoms. The molecule has 0 saturated carbocycles. The van der Waals surface area contributed by atoms with E-state index in [1.54, 1.807) is 11.3 Å². The number of piperazine rings is 1. The normalized spacial score (nSPS) is 24.7. The first-order valence-electron chi connectivity index (χ1n) is 14.5. The van der Waals surface area contributed by atoms with Crippen molar-refractivity contribution in [3.8, 4) is 22.4 Å². The molecule has 6 nitrogen and oxygen atoms in total. The molecule has 1 aromatic carbocycles. The maximum absolute atomic E-state index is 13.3. The van der Waals surface area contributed by atoms with E-state index in [0.717, 1.165) is 74.1 Å². The van der Waals surface area contributed by atoms with Gasteiger partial charge in [-0.3, -0.25) is 14.7 Å². The average Bonchev–Trinajstić information content (AvgIpc) is 3.48. The van der Waals surface area contributed by atoms with Gasteiger partial charge in [0.1, 0.15) is 0 Å². The van der Waals surface area contributed by atoms with E-state index < -0.39 is 0 Å². The third kappa shape index (κ3) is 5.06. The van der Waals surface area contributed by atoms with Gasteiger partial charge in [-0.15, -0.1) is 11.3 Å². The Labute approximate surface area is 235 Å². The number of nitrogens with zero attached hydrogens (tertiary/aromatic N) is 3. The first-order valence-corrected chi connectivity index (χ1v) is 15.3. The molecule has 204 valence electrons. The number of thiophene rings is 1. The van der Waals surface area contributed by atoms with Gasteiger partial charge in [0.05, 0.1) is 28.8 Å². The van der Waals surface area contributed by atoms with Crippen LogP contribution in [-0.4, -0.2) is 67.1 Å². The standard InChI is InChI=1S/C32H38N4O2S/c1-32(2)16-26-29(31(36-10-12-38-13-11-36)39-30(26)28(37)17-32)23-8-9-33-27(15-23)22-5-3-4-21(14-22)18-35-19-24-6-7-25(20-35)34-24/h3-5,8-9,14-15,24-25,34H,6-7,10-13,16-20H2,1-2H3. The molecule has 39 heavy (non-hydrogen) atoms. The van der Waals surface area contributed by atoms with Crippen molar-refractivity contribution in [3.63, 3.8) is 0 Å². The number of aromatic nitrogens is 1. The molecule has 3 aromatic rings. The quantitative estimate of drug-likeness (QED) is 0.466. The van der Waals surface area contributed by atoms with Crippen LogP contribution in [0.15, 0.2) is 42.6 Å². The second-order valence-electron chi connectivity index (χ2n) is 12.6. The topological polar surface area (TPSA) is 57.7 Å². The number of rotatable bonds is 5. The van der Waals surface area contributed by atoms with Crippen molar-refractivity contribution in [2.45, 2.75) is 58.2 Å². The molecule has 1 N–H and O–H groups in total. The van der Waals surface area contributed by atoms with E-state index in [9.17, 15) is 4.79 Å². The number of hydrogen-bond acceptors (Lipinski definition) is 7. The number of likely N-dealkylation sites (tertiary alicyclic amines) is 1. The summed E-state index contributed by atoms with van der Waals surface area (Å²) in [6, 6.07) is 14.6. The number of nitrogens with one attached hydrogen (secondary N) is 1. The van der Waals surface area contributed by atoms with Crippen LogP contribution in [0.25, 0.3) is 22.4 Å². The van der Waals surface area contributed by atoms with Crippen LogP contribution in [0.4, 0.5) is 5.00 Å². The summed E-state index contributed by atoms with van der Waals surface area (Å²) in [7, 11) is 0. The summed E-state index contributed by atoms with van der Waals surface area (Å²) in [5.41, 5.74) is 7.07. The van der Waals surface area contributed by atoms with Crippen molar-refractivity contribution in [2.75, 3.05) is 44.3 Å². The number of anilines is 1. The largest absolute Gasteiger partial charge is 0.378 e. The van der Waals surface area contributed by atoms with Gasteiger partial charge >= 0.3 is 0 Å². The second kappa shape index (κ2) is 10.1. The summed E-state index contributed by atoms with van der Waals surface area (Å²) in [6.07, 6.45) is 6.09. The monoisotopic (exact) mass is 542 g/mol. The lowest BCUT2D eigenvalue weighted by Gasteiger charge is -2.32. The molecular weight excluding hydrogens is 504 g/mol. The average molecular weight is 543 g/mol. The van der Waals surface area contributed by atoms with Gasteiger partial charge in [0.2, 0.25) is 0 Å². The first kappa shape index (κ1) is 25.4. The third-order valence-corrected chi connectivity index (χ3v) is 10.1. The molecule has 2 unspecified atom stereocenters. The van der Waals surface area contributed by atoms with Crippen LogP contribution in [-0.2, 0) is 17.7 Å². The van der Waals surface area contributed by atoms with E-state index in [-0.39, 0.29) is 11.2 Å². The highest BCUT2D eigenvalue weighted by Gasteiger charge is 2.37. The fourth-order valence-corrected chi connectivity index (χ4v) is 8.37. The number of benzene rings is 1. The summed E-state index contributed by atoms with van der Waals surface area (Å²) in [6.45, 7) is 10.9. The zero-order valence-corrected chi connectivity index (χ0v) is 23.9. The minimum absolute atomic E-state index is 0.0319. The summed E-state index contributed by atoms with van der Waals surface area (Å²) in [5, 5.41) is 4.95. The Bertz CT molecular complexity index is 1380. The van der Waals surface area contributed by atoms with Gasteiger partial charge in [-0.05, 0) is 59.6 Å². The Morgan fingerprint density at radius 1 is 1.05 bits per heavy atom. The molecule has 4 aliphatic rings. The lowest BCUT2D eigenvalue weighted by molar-refractivity contribution is 0.0918. The SMILES string of the molecule is CC1(C)CC(=O)c2sc(N3CCOCC3)c(-c3ccnc(-c4cccc(CN5CC6CCC(C5)N6)c4)c3)c2C1. The lowest BCUT2D eigenvalue weighted by atomic mass is 9.75. The van der Waals surface area contributed by atoms with Crippen molar-refractivity contribution in [3.05, 3.63) is 58.6 Å². The smallest absolute Gasteiger partial charge is 0.173 e. The number of morpholine rings is 1. The number of carbonyl (C=O) groups is 1. The van der Waals surface area contributed by atoms with Crippen molar-refractivity contribution in [2.24, 2.45) is 5.41 Å². The number of hydrogen-bond donors (Lipinski definition) is 1. The molecule has 3 fully saturated rings. The van der Waals surface area contributed by atoms with Crippen LogP contribution in [0.2, 0.25) is 0 Å². The minimum Gasteiger partial charge on any atom is -0.378 e. The second-order valence-corrected chi connectivity index (χ2v) is 13.6. The zero-order valence-electron chi connectivity index (χ0n) is 23.0.